The Kier molecular flexibility index (Phi) is 4.08. The molecule has 1 atom stereocenters. The van der Waals surface area contributed by atoms with Gasteiger partial charge >= 0.3 is 0 Å². The number of hydrogen-bond donors (Lipinski definition) is 1. The van der Waals surface area contributed by atoms with Crippen LogP contribution in [0.3, 0.4) is 0 Å². The maximum atomic E-state index is 10.3. The van der Waals surface area contributed by atoms with E-state index < -0.39 is 0 Å². The van der Waals surface area contributed by atoms with Crippen molar-refractivity contribution in [2.24, 2.45) is 0 Å². The number of fused-ring (bicyclic) bond motifs is 1. The van der Waals surface area contributed by atoms with Crippen LogP contribution in [-0.2, 0) is 19.3 Å². The van der Waals surface area contributed by atoms with Crippen LogP contribution in [0.25, 0.3) is 0 Å². The summed E-state index contributed by atoms with van der Waals surface area (Å²) in [5.41, 5.74) is 3.49. The summed E-state index contributed by atoms with van der Waals surface area (Å²) < 4.78 is 6.76. The topological polar surface area (TPSA) is 29.5 Å². The quantitative estimate of drug-likeness (QED) is 0.928. The molecule has 0 spiro atoms. The maximum Gasteiger partial charge on any atom is 0.125 e. The number of halogens is 1. The van der Waals surface area contributed by atoms with Crippen molar-refractivity contribution in [1.29, 1.82) is 0 Å². The summed E-state index contributed by atoms with van der Waals surface area (Å²) in [7, 11) is 0. The molecule has 2 aromatic carbocycles. The van der Waals surface area contributed by atoms with Gasteiger partial charge in [-0.3, -0.25) is 0 Å². The summed E-state index contributed by atoms with van der Waals surface area (Å²) in [5.74, 6) is 0.973. The predicted molar refractivity (Wildman–Crippen MR) is 83.2 cm³/mol. The number of rotatable bonds is 4. The Hall–Kier alpha value is -1.32. The first-order valence-electron chi connectivity index (χ1n) is 6.88. The van der Waals surface area contributed by atoms with Gasteiger partial charge in [-0.15, -0.1) is 0 Å². The molecule has 1 heterocycles. The van der Waals surface area contributed by atoms with Crippen LogP contribution in [0, 0.1) is 0 Å². The Morgan fingerprint density at radius 3 is 2.75 bits per heavy atom. The van der Waals surface area contributed by atoms with Crippen molar-refractivity contribution in [3.05, 3.63) is 63.6 Å². The van der Waals surface area contributed by atoms with Gasteiger partial charge in [-0.1, -0.05) is 46.3 Å². The summed E-state index contributed by atoms with van der Waals surface area (Å²) in [4.78, 5) is 0. The van der Waals surface area contributed by atoms with E-state index in [9.17, 15) is 5.11 Å². The van der Waals surface area contributed by atoms with Gasteiger partial charge in [0.05, 0.1) is 12.7 Å². The molecule has 3 rings (SSSR count). The lowest BCUT2D eigenvalue weighted by molar-refractivity contribution is 0.174. The van der Waals surface area contributed by atoms with Gasteiger partial charge in [0.25, 0.3) is 0 Å². The zero-order valence-corrected chi connectivity index (χ0v) is 12.8. The fourth-order valence-corrected chi connectivity index (χ4v) is 3.26. The van der Waals surface area contributed by atoms with E-state index in [0.29, 0.717) is 12.8 Å². The molecule has 0 fully saturated rings. The lowest BCUT2D eigenvalue weighted by atomic mass is 9.99. The van der Waals surface area contributed by atoms with E-state index in [2.05, 4.69) is 28.1 Å². The fraction of sp³-hybridized carbons (Fsp3) is 0.294. The minimum Gasteiger partial charge on any atom is -0.493 e. The third-order valence-corrected chi connectivity index (χ3v) is 4.05. The zero-order valence-electron chi connectivity index (χ0n) is 11.2. The molecule has 1 aliphatic rings. The Labute approximate surface area is 127 Å². The third kappa shape index (κ3) is 3.05. The van der Waals surface area contributed by atoms with Gasteiger partial charge in [0.15, 0.2) is 0 Å². The number of ether oxygens (including phenoxy) is 1. The summed E-state index contributed by atoms with van der Waals surface area (Å²) >= 11 is 3.54. The molecule has 0 aromatic heterocycles. The molecule has 20 heavy (non-hydrogen) atoms. The van der Waals surface area contributed by atoms with E-state index in [1.807, 2.05) is 30.3 Å². The number of aliphatic hydroxyl groups excluding tert-OH is 1. The van der Waals surface area contributed by atoms with Crippen molar-refractivity contribution < 1.29 is 9.84 Å². The van der Waals surface area contributed by atoms with Crippen molar-refractivity contribution in [1.82, 2.24) is 0 Å². The van der Waals surface area contributed by atoms with Gasteiger partial charge in [-0.05, 0) is 35.2 Å². The smallest absolute Gasteiger partial charge is 0.125 e. The van der Waals surface area contributed by atoms with Crippen LogP contribution in [0.4, 0.5) is 0 Å². The second-order valence-corrected chi connectivity index (χ2v) is 6.11. The van der Waals surface area contributed by atoms with E-state index in [4.69, 9.17) is 4.74 Å². The van der Waals surface area contributed by atoms with E-state index in [1.165, 1.54) is 5.56 Å². The van der Waals surface area contributed by atoms with Crippen LogP contribution in [0.1, 0.15) is 16.7 Å². The van der Waals surface area contributed by atoms with Crippen LogP contribution in [-0.4, -0.2) is 17.8 Å². The Morgan fingerprint density at radius 2 is 1.95 bits per heavy atom. The van der Waals surface area contributed by atoms with E-state index in [1.54, 1.807) is 0 Å². The van der Waals surface area contributed by atoms with Crippen molar-refractivity contribution in [3.8, 4) is 5.75 Å². The summed E-state index contributed by atoms with van der Waals surface area (Å²) in [5, 5.41) is 10.3. The van der Waals surface area contributed by atoms with Gasteiger partial charge in [-0.25, -0.2) is 0 Å². The third-order valence-electron chi connectivity index (χ3n) is 3.60. The molecule has 0 bridgehead atoms. The lowest BCUT2D eigenvalue weighted by Gasteiger charge is -2.14. The van der Waals surface area contributed by atoms with Gasteiger partial charge < -0.3 is 9.84 Å². The second-order valence-electron chi connectivity index (χ2n) is 5.20. The summed E-state index contributed by atoms with van der Waals surface area (Å²) in [6.45, 7) is 0.744. The first kappa shape index (κ1) is 13.7. The highest BCUT2D eigenvalue weighted by molar-refractivity contribution is 9.10. The molecule has 1 N–H and O–H groups in total. The molecule has 0 amide bonds. The second kappa shape index (κ2) is 5.98. The number of hydrogen-bond acceptors (Lipinski definition) is 2. The summed E-state index contributed by atoms with van der Waals surface area (Å²) in [6.07, 6.45) is 1.86. The molecule has 0 radical (unpaired) electrons. The molecule has 2 nitrogen and oxygen atoms in total. The van der Waals surface area contributed by atoms with Crippen LogP contribution in [0.5, 0.6) is 5.75 Å². The number of aliphatic hydroxyl groups is 1. The normalized spacial score (nSPS) is 14.7. The SMILES string of the molecule is OC(Cc1ccccc1)Cc1cc(Br)cc2c1OCC2. The maximum absolute atomic E-state index is 10.3. The molecular formula is C17H17BrO2. The highest BCUT2D eigenvalue weighted by Crippen LogP contribution is 2.33. The average molecular weight is 333 g/mol. The predicted octanol–water partition coefficient (Wildman–Crippen LogP) is 3.53. The average Bonchev–Trinajstić information content (AvgIpc) is 2.88. The molecule has 0 saturated heterocycles. The molecule has 0 saturated carbocycles. The van der Waals surface area contributed by atoms with Gasteiger partial charge in [-0.2, -0.15) is 0 Å². The minimum atomic E-state index is -0.389. The Bertz CT molecular complexity index is 595. The first-order chi connectivity index (χ1) is 9.72. The summed E-state index contributed by atoms with van der Waals surface area (Å²) in [6, 6.07) is 14.2. The highest BCUT2D eigenvalue weighted by atomic mass is 79.9. The molecule has 0 aliphatic carbocycles. The van der Waals surface area contributed by atoms with Gasteiger partial charge in [0.2, 0.25) is 0 Å². The Morgan fingerprint density at radius 1 is 1.15 bits per heavy atom. The van der Waals surface area contributed by atoms with Gasteiger partial charge in [0.1, 0.15) is 5.75 Å². The van der Waals surface area contributed by atoms with Crippen LogP contribution < -0.4 is 4.74 Å². The largest absolute Gasteiger partial charge is 0.493 e. The lowest BCUT2D eigenvalue weighted by Crippen LogP contribution is -2.14. The van der Waals surface area contributed by atoms with Crippen LogP contribution >= 0.6 is 15.9 Å². The molecule has 1 unspecified atom stereocenters. The number of benzene rings is 2. The monoisotopic (exact) mass is 332 g/mol. The van der Waals surface area contributed by atoms with Crippen molar-refractivity contribution >= 4 is 15.9 Å². The highest BCUT2D eigenvalue weighted by Gasteiger charge is 2.19. The standard InChI is InChI=1S/C17H17BrO2/c18-15-9-13-6-7-20-17(13)14(10-15)11-16(19)8-12-4-2-1-3-5-12/h1-5,9-10,16,19H,6-8,11H2. The van der Waals surface area contributed by atoms with Crippen molar-refractivity contribution in [2.75, 3.05) is 6.61 Å². The molecule has 2 aromatic rings. The van der Waals surface area contributed by atoms with Gasteiger partial charge in [0, 0.05) is 17.3 Å². The minimum absolute atomic E-state index is 0.389. The van der Waals surface area contributed by atoms with E-state index in [0.717, 1.165) is 34.4 Å². The van der Waals surface area contributed by atoms with E-state index in [-0.39, 0.29) is 6.10 Å². The molecule has 3 heteroatoms. The Balaban J connectivity index is 1.75. The first-order valence-corrected chi connectivity index (χ1v) is 7.68. The fourth-order valence-electron chi connectivity index (χ4n) is 2.71. The zero-order chi connectivity index (χ0) is 13.9. The van der Waals surface area contributed by atoms with Crippen LogP contribution in [0.2, 0.25) is 0 Å². The molecule has 1 aliphatic heterocycles. The van der Waals surface area contributed by atoms with Crippen molar-refractivity contribution in [2.45, 2.75) is 25.4 Å². The molecular weight excluding hydrogens is 316 g/mol. The molecule has 104 valence electrons. The van der Waals surface area contributed by atoms with Crippen LogP contribution in [0.15, 0.2) is 46.9 Å². The van der Waals surface area contributed by atoms with E-state index >= 15 is 0 Å². The van der Waals surface area contributed by atoms with Crippen molar-refractivity contribution in [3.63, 3.8) is 0 Å².